The zero-order valence-corrected chi connectivity index (χ0v) is 15.5. The normalized spacial score (nSPS) is 13.0. The Bertz CT molecular complexity index is 219. The highest BCUT2D eigenvalue weighted by molar-refractivity contribution is 7.48. The van der Waals surface area contributed by atoms with Crippen molar-refractivity contribution in [2.24, 2.45) is 0 Å². The number of nitrogens with one attached hydrogen (secondary N) is 1. The Morgan fingerprint density at radius 3 is 1.00 bits per heavy atom. The van der Waals surface area contributed by atoms with Crippen LogP contribution < -0.4 is 4.65 Å². The third kappa shape index (κ3) is 14.4. The molecule has 5 nitrogen and oxygen atoms in total. The maximum atomic E-state index is 10.7. The number of hydrogen-bond donors (Lipinski definition) is 1. The highest BCUT2D eigenvalue weighted by Gasteiger charge is 2.22. The van der Waals surface area contributed by atoms with Crippen molar-refractivity contribution in [1.82, 2.24) is 4.65 Å². The molecule has 0 bridgehead atoms. The van der Waals surface area contributed by atoms with Crippen molar-refractivity contribution in [3.8, 4) is 0 Å². The van der Waals surface area contributed by atoms with Gasteiger partial charge in [-0.05, 0) is 0 Å². The molecule has 0 fully saturated rings. The minimum Gasteiger partial charge on any atom is -0.360 e. The fourth-order valence-electron chi connectivity index (χ4n) is 1.35. The first-order chi connectivity index (χ1) is 7.39. The summed E-state index contributed by atoms with van der Waals surface area (Å²) < 4.78 is 27.4. The first-order valence-corrected chi connectivity index (χ1v) is 13.9. The fraction of sp³-hybridized carbons (Fsp3) is 1.00. The summed E-state index contributed by atoms with van der Waals surface area (Å²) in [7, 11) is -1.35. The predicted octanol–water partition coefficient (Wildman–Crippen LogP) is 3.28. The molecule has 0 heterocycles. The highest BCUT2D eigenvalue weighted by Crippen LogP contribution is 2.46. The van der Waals surface area contributed by atoms with Crippen LogP contribution in [0.1, 0.15) is 0 Å². The molecule has 0 unspecified atom stereocenters. The van der Waals surface area contributed by atoms with Gasteiger partial charge in [-0.3, -0.25) is 13.6 Å². The van der Waals surface area contributed by atoms with E-state index in [1.54, 1.807) is 0 Å². The van der Waals surface area contributed by atoms with Gasteiger partial charge in [0.2, 0.25) is 0 Å². The van der Waals surface area contributed by atoms with Gasteiger partial charge in [-0.1, -0.05) is 39.3 Å². The first-order valence-electron chi connectivity index (χ1n) is 5.46. The molecule has 0 aliphatic carbocycles. The standard InChI is InChI=1S/C6H19NSi2.C3H9O4P/c1-8(2,3)7-9(4,5)6;1-5-8(4,6-2)7-3/h7H,1-6H3;1-3H3. The summed E-state index contributed by atoms with van der Waals surface area (Å²) in [5, 5.41) is 0. The van der Waals surface area contributed by atoms with Crippen molar-refractivity contribution < 1.29 is 18.1 Å². The summed E-state index contributed by atoms with van der Waals surface area (Å²) >= 11 is 0. The number of hydrogen-bond acceptors (Lipinski definition) is 5. The molecule has 0 spiro atoms. The van der Waals surface area contributed by atoms with Crippen LogP contribution in [-0.2, 0) is 18.1 Å². The Morgan fingerprint density at radius 2 is 1.00 bits per heavy atom. The first kappa shape index (κ1) is 19.8. The second-order valence-electron chi connectivity index (χ2n) is 5.62. The van der Waals surface area contributed by atoms with Crippen LogP contribution >= 0.6 is 7.82 Å². The minimum atomic E-state index is -3.16. The van der Waals surface area contributed by atoms with E-state index in [-0.39, 0.29) is 0 Å². The quantitative estimate of drug-likeness (QED) is 0.624. The van der Waals surface area contributed by atoms with Gasteiger partial charge >= 0.3 is 7.82 Å². The minimum absolute atomic E-state index is 0.981. The van der Waals surface area contributed by atoms with Gasteiger partial charge < -0.3 is 4.65 Å². The van der Waals surface area contributed by atoms with Crippen LogP contribution in [0.4, 0.5) is 0 Å². The van der Waals surface area contributed by atoms with Crippen molar-refractivity contribution in [2.75, 3.05) is 21.3 Å². The van der Waals surface area contributed by atoms with Crippen LogP contribution in [0.25, 0.3) is 0 Å². The van der Waals surface area contributed by atoms with E-state index < -0.39 is 24.3 Å². The summed E-state index contributed by atoms with van der Waals surface area (Å²) in [4.78, 5) is 0. The molecule has 0 saturated heterocycles. The van der Waals surface area contributed by atoms with E-state index in [1.807, 2.05) is 0 Å². The van der Waals surface area contributed by atoms with E-state index in [0.29, 0.717) is 0 Å². The van der Waals surface area contributed by atoms with Crippen molar-refractivity contribution in [3.05, 3.63) is 0 Å². The van der Waals surface area contributed by atoms with Crippen LogP contribution in [0.5, 0.6) is 0 Å². The topological polar surface area (TPSA) is 56.8 Å². The Kier molecular flexibility index (Phi) is 9.14. The Morgan fingerprint density at radius 1 is 0.765 bits per heavy atom. The maximum Gasteiger partial charge on any atom is 0.473 e. The third-order valence-electron chi connectivity index (χ3n) is 1.42. The largest absolute Gasteiger partial charge is 0.473 e. The van der Waals surface area contributed by atoms with E-state index in [4.69, 9.17) is 0 Å². The Balaban J connectivity index is 0. The van der Waals surface area contributed by atoms with Gasteiger partial charge in [-0.2, -0.15) is 0 Å². The molecule has 1 N–H and O–H groups in total. The summed E-state index contributed by atoms with van der Waals surface area (Å²) in [5.41, 5.74) is 0. The fourth-order valence-corrected chi connectivity index (χ4v) is 10.8. The smallest absolute Gasteiger partial charge is 0.360 e. The van der Waals surface area contributed by atoms with Gasteiger partial charge in [0, 0.05) is 21.3 Å². The molecule has 106 valence electrons. The lowest BCUT2D eigenvalue weighted by atomic mass is 11.8. The summed E-state index contributed by atoms with van der Waals surface area (Å²) in [5.74, 6) is 0. The summed E-state index contributed by atoms with van der Waals surface area (Å²) in [6.45, 7) is 14.1. The van der Waals surface area contributed by atoms with Crippen molar-refractivity contribution in [1.29, 1.82) is 0 Å². The lowest BCUT2D eigenvalue weighted by Crippen LogP contribution is -2.55. The molecule has 17 heavy (non-hydrogen) atoms. The SMILES string of the molecule is COP(=O)(OC)OC.C[Si](C)(C)N[Si](C)(C)C. The van der Waals surface area contributed by atoms with Crippen LogP contribution in [0, 0.1) is 0 Å². The predicted molar refractivity (Wildman–Crippen MR) is 78.5 cm³/mol. The second-order valence-corrected chi connectivity index (χ2v) is 17.6. The van der Waals surface area contributed by atoms with Crippen molar-refractivity contribution in [3.63, 3.8) is 0 Å². The Labute approximate surface area is 108 Å². The lowest BCUT2D eigenvalue weighted by Gasteiger charge is -2.28. The zero-order valence-electron chi connectivity index (χ0n) is 12.6. The molecule has 0 aromatic heterocycles. The van der Waals surface area contributed by atoms with Gasteiger partial charge in [0.1, 0.15) is 16.5 Å². The molecule has 0 radical (unpaired) electrons. The molecule has 0 saturated carbocycles. The number of phosphoric acid groups is 1. The number of rotatable bonds is 5. The van der Waals surface area contributed by atoms with Crippen LogP contribution in [0.3, 0.4) is 0 Å². The second kappa shape index (κ2) is 7.83. The molecule has 0 atom stereocenters. The van der Waals surface area contributed by atoms with E-state index in [1.165, 1.54) is 21.3 Å². The van der Waals surface area contributed by atoms with Gasteiger partial charge in [0.25, 0.3) is 0 Å². The zero-order chi connectivity index (χ0) is 14.3. The molecule has 0 aliphatic rings. The molecule has 0 aromatic carbocycles. The molecular formula is C9H28NO4PSi2. The molecule has 0 rings (SSSR count). The Hall–Kier alpha value is 0.504. The van der Waals surface area contributed by atoms with Crippen molar-refractivity contribution >= 4 is 24.3 Å². The monoisotopic (exact) mass is 301 g/mol. The molecular weight excluding hydrogens is 273 g/mol. The molecule has 0 aromatic rings. The highest BCUT2D eigenvalue weighted by atomic mass is 31.2. The van der Waals surface area contributed by atoms with E-state index in [0.717, 1.165) is 0 Å². The lowest BCUT2D eigenvalue weighted by molar-refractivity contribution is 0.178. The van der Waals surface area contributed by atoms with Gasteiger partial charge in [-0.25, -0.2) is 4.57 Å². The van der Waals surface area contributed by atoms with Crippen LogP contribution in [0.15, 0.2) is 0 Å². The van der Waals surface area contributed by atoms with Gasteiger partial charge in [-0.15, -0.1) is 0 Å². The van der Waals surface area contributed by atoms with Gasteiger partial charge in [0.05, 0.1) is 0 Å². The molecule has 0 amide bonds. The van der Waals surface area contributed by atoms with Crippen LogP contribution in [0.2, 0.25) is 39.3 Å². The van der Waals surface area contributed by atoms with E-state index in [9.17, 15) is 4.57 Å². The average molecular weight is 301 g/mol. The summed E-state index contributed by atoms with van der Waals surface area (Å²) in [6.07, 6.45) is 0. The summed E-state index contributed by atoms with van der Waals surface area (Å²) in [6, 6.07) is 0. The van der Waals surface area contributed by atoms with E-state index in [2.05, 4.69) is 57.5 Å². The maximum absolute atomic E-state index is 10.7. The molecule has 8 heteroatoms. The van der Waals surface area contributed by atoms with E-state index >= 15 is 0 Å². The average Bonchev–Trinajstić information content (AvgIpc) is 2.12. The number of phosphoric ester groups is 1. The van der Waals surface area contributed by atoms with Gasteiger partial charge in [0.15, 0.2) is 0 Å². The van der Waals surface area contributed by atoms with Crippen molar-refractivity contribution in [2.45, 2.75) is 39.3 Å². The van der Waals surface area contributed by atoms with Crippen LogP contribution in [-0.4, -0.2) is 37.8 Å². The molecule has 0 aliphatic heterocycles. The third-order valence-corrected chi connectivity index (χ3v) is 8.76.